The van der Waals surface area contributed by atoms with Gasteiger partial charge in [-0.25, -0.2) is 14.6 Å². The van der Waals surface area contributed by atoms with Gasteiger partial charge in [0, 0.05) is 57.4 Å². The van der Waals surface area contributed by atoms with Gasteiger partial charge in [-0.1, -0.05) is 23.8 Å². The lowest BCUT2D eigenvalue weighted by Crippen LogP contribution is -2.45. The van der Waals surface area contributed by atoms with E-state index in [1.165, 1.54) is 5.56 Å². The lowest BCUT2D eigenvalue weighted by molar-refractivity contribution is 0.120. The Balaban J connectivity index is 1.47. The fraction of sp³-hybridized carbons (Fsp3) is 0.444. The van der Waals surface area contributed by atoms with Crippen LogP contribution >= 0.6 is 0 Å². The van der Waals surface area contributed by atoms with Crippen molar-refractivity contribution < 1.29 is 9.47 Å². The molecular formula is C27H33N7O2. The second-order valence-electron chi connectivity index (χ2n) is 9.99. The molecule has 0 amide bonds. The molecule has 188 valence electrons. The van der Waals surface area contributed by atoms with Gasteiger partial charge in [0.15, 0.2) is 11.5 Å². The largest absolute Gasteiger partial charge is 0.378 e. The van der Waals surface area contributed by atoms with Gasteiger partial charge in [-0.3, -0.25) is 0 Å². The Labute approximate surface area is 211 Å². The first-order chi connectivity index (χ1) is 17.6. The molecule has 6 rings (SSSR count). The first-order valence-electron chi connectivity index (χ1n) is 12.6. The Morgan fingerprint density at radius 3 is 2.69 bits per heavy atom. The summed E-state index contributed by atoms with van der Waals surface area (Å²) < 4.78 is 15.3. The van der Waals surface area contributed by atoms with E-state index >= 15 is 0 Å². The summed E-state index contributed by atoms with van der Waals surface area (Å²) in [5, 5.41) is 5.01. The van der Waals surface area contributed by atoms with Crippen LogP contribution in [-0.2, 0) is 22.6 Å². The fourth-order valence-electron chi connectivity index (χ4n) is 5.33. The number of ether oxygens (including phenoxy) is 2. The summed E-state index contributed by atoms with van der Waals surface area (Å²) >= 11 is 0. The van der Waals surface area contributed by atoms with Gasteiger partial charge in [0.25, 0.3) is 0 Å². The van der Waals surface area contributed by atoms with Gasteiger partial charge >= 0.3 is 0 Å². The predicted octanol–water partition coefficient (Wildman–Crippen LogP) is 3.14. The third-order valence-electron chi connectivity index (χ3n) is 7.09. The minimum atomic E-state index is 0.444. The van der Waals surface area contributed by atoms with Crippen molar-refractivity contribution in [2.75, 3.05) is 58.5 Å². The smallest absolute Gasteiger partial charge is 0.164 e. The highest BCUT2D eigenvalue weighted by atomic mass is 16.5. The van der Waals surface area contributed by atoms with E-state index in [0.717, 1.165) is 72.3 Å². The number of hydrogen-bond acceptors (Lipinski definition) is 7. The van der Waals surface area contributed by atoms with Crippen LogP contribution in [0.15, 0.2) is 42.7 Å². The summed E-state index contributed by atoms with van der Waals surface area (Å²) in [6, 6.07) is 12.6. The quantitative estimate of drug-likeness (QED) is 0.397. The molecular weight excluding hydrogens is 454 g/mol. The van der Waals surface area contributed by atoms with Gasteiger partial charge in [0.1, 0.15) is 5.52 Å². The molecule has 36 heavy (non-hydrogen) atoms. The molecule has 0 radical (unpaired) electrons. The van der Waals surface area contributed by atoms with Crippen LogP contribution in [0.25, 0.3) is 28.2 Å². The van der Waals surface area contributed by atoms with E-state index in [0.29, 0.717) is 25.7 Å². The minimum Gasteiger partial charge on any atom is -0.378 e. The summed E-state index contributed by atoms with van der Waals surface area (Å²) in [7, 11) is 3.88. The lowest BCUT2D eigenvalue weighted by Gasteiger charge is -2.36. The molecule has 2 aliphatic rings. The normalized spacial score (nSPS) is 17.1. The highest BCUT2D eigenvalue weighted by molar-refractivity contribution is 5.87. The molecule has 0 spiro atoms. The number of likely N-dealkylation sites (tertiary alicyclic amines) is 1. The maximum Gasteiger partial charge on any atom is 0.164 e. The third-order valence-corrected chi connectivity index (χ3v) is 7.09. The molecule has 5 heterocycles. The van der Waals surface area contributed by atoms with Gasteiger partial charge in [-0.2, -0.15) is 5.10 Å². The Morgan fingerprint density at radius 2 is 1.94 bits per heavy atom. The summed E-state index contributed by atoms with van der Waals surface area (Å²) in [6.07, 6.45) is 1.95. The first kappa shape index (κ1) is 23.1. The maximum atomic E-state index is 5.63. The fourth-order valence-corrected chi connectivity index (χ4v) is 5.33. The number of rotatable bonds is 7. The number of morpholine rings is 1. The van der Waals surface area contributed by atoms with Crippen LogP contribution in [0.5, 0.6) is 0 Å². The maximum absolute atomic E-state index is 5.63. The van der Waals surface area contributed by atoms with E-state index in [4.69, 9.17) is 24.5 Å². The number of anilines is 1. The van der Waals surface area contributed by atoms with Gasteiger partial charge in [-0.15, -0.1) is 0 Å². The van der Waals surface area contributed by atoms with E-state index in [2.05, 4.69) is 64.7 Å². The molecule has 1 aromatic carbocycles. The Kier molecular flexibility index (Phi) is 6.20. The number of fused-ring (bicyclic) bond motifs is 1. The third kappa shape index (κ3) is 4.38. The van der Waals surface area contributed by atoms with Crippen molar-refractivity contribution >= 4 is 16.9 Å². The van der Waals surface area contributed by atoms with Crippen LogP contribution in [0.2, 0.25) is 0 Å². The number of nitrogens with zero attached hydrogens (tertiary/aromatic N) is 7. The van der Waals surface area contributed by atoms with Crippen molar-refractivity contribution in [1.82, 2.24) is 29.2 Å². The van der Waals surface area contributed by atoms with E-state index in [1.807, 2.05) is 11.0 Å². The molecule has 0 unspecified atom stereocenters. The van der Waals surface area contributed by atoms with Gasteiger partial charge in [-0.05, 0) is 26.1 Å². The zero-order chi connectivity index (χ0) is 24.6. The second-order valence-corrected chi connectivity index (χ2v) is 9.99. The molecule has 9 nitrogen and oxygen atoms in total. The monoisotopic (exact) mass is 487 g/mol. The van der Waals surface area contributed by atoms with Crippen LogP contribution < -0.4 is 4.90 Å². The molecule has 0 atom stereocenters. The molecule has 2 saturated heterocycles. The van der Waals surface area contributed by atoms with Crippen LogP contribution in [0.4, 0.5) is 5.69 Å². The second kappa shape index (κ2) is 9.65. The molecule has 9 heteroatoms. The lowest BCUT2D eigenvalue weighted by atomic mass is 10.0. The van der Waals surface area contributed by atoms with Crippen molar-refractivity contribution in [3.05, 3.63) is 54.0 Å². The molecule has 0 saturated carbocycles. The van der Waals surface area contributed by atoms with E-state index < -0.39 is 0 Å². The molecule has 0 bridgehead atoms. The van der Waals surface area contributed by atoms with Crippen LogP contribution in [-0.4, -0.2) is 82.8 Å². The molecule has 3 aromatic heterocycles. The van der Waals surface area contributed by atoms with Gasteiger partial charge in [0.2, 0.25) is 0 Å². The number of aryl methyl sites for hydroxylation is 1. The van der Waals surface area contributed by atoms with Gasteiger partial charge < -0.3 is 23.8 Å². The van der Waals surface area contributed by atoms with Crippen LogP contribution in [0, 0.1) is 12.8 Å². The zero-order valence-corrected chi connectivity index (χ0v) is 21.2. The van der Waals surface area contributed by atoms with Crippen LogP contribution in [0.1, 0.15) is 11.3 Å². The number of hydrogen-bond donors (Lipinski definition) is 0. The molecule has 2 aliphatic heterocycles. The zero-order valence-electron chi connectivity index (χ0n) is 21.2. The molecule has 0 N–H and O–H groups in total. The summed E-state index contributed by atoms with van der Waals surface area (Å²) in [6.45, 7) is 8.75. The number of aromatic nitrogens is 5. The van der Waals surface area contributed by atoms with Crippen molar-refractivity contribution in [2.45, 2.75) is 20.1 Å². The highest BCUT2D eigenvalue weighted by Crippen LogP contribution is 2.31. The number of methoxy groups -OCH3 is 1. The van der Waals surface area contributed by atoms with Crippen molar-refractivity contribution in [1.29, 1.82) is 0 Å². The number of pyridine rings is 1. The Morgan fingerprint density at radius 1 is 1.11 bits per heavy atom. The van der Waals surface area contributed by atoms with Gasteiger partial charge in [0.05, 0.1) is 43.2 Å². The van der Waals surface area contributed by atoms with Crippen LogP contribution in [0.3, 0.4) is 0 Å². The molecule has 2 fully saturated rings. The average molecular weight is 488 g/mol. The molecule has 4 aromatic rings. The van der Waals surface area contributed by atoms with E-state index in [9.17, 15) is 0 Å². The minimum absolute atomic E-state index is 0.444. The number of imidazole rings is 1. The Hall–Kier alpha value is -3.27. The molecule has 0 aliphatic carbocycles. The topological polar surface area (TPSA) is 73.5 Å². The first-order valence-corrected chi connectivity index (χ1v) is 12.6. The van der Waals surface area contributed by atoms with Crippen molar-refractivity contribution in [2.24, 2.45) is 5.92 Å². The highest BCUT2D eigenvalue weighted by Gasteiger charge is 2.26. The SMILES string of the molecule is COCc1cc(-c2cccc(C)c2)nn1-c1cc(N2CCOCC2)c2ncn(CC3CN(C)C3)c2n1. The average Bonchev–Trinajstić information content (AvgIpc) is 3.48. The van der Waals surface area contributed by atoms with E-state index in [1.54, 1.807) is 7.11 Å². The summed E-state index contributed by atoms with van der Waals surface area (Å²) in [5.41, 5.74) is 7.08. The van der Waals surface area contributed by atoms with Crippen molar-refractivity contribution in [3.63, 3.8) is 0 Å². The predicted molar refractivity (Wildman–Crippen MR) is 140 cm³/mol. The summed E-state index contributed by atoms with van der Waals surface area (Å²) in [5.74, 6) is 1.40. The standard InChI is InChI=1S/C27H33N7O2/c1-19-5-4-6-21(11-19)23-12-22(17-35-3)34(30-23)25-13-24(32-7-9-36-10-8-32)26-27(29-25)33(18-28-26)16-20-14-31(2)15-20/h4-6,11-13,18,20H,7-10,14-17H2,1-3H3. The Bertz CT molecular complexity index is 1370. The van der Waals surface area contributed by atoms with E-state index in [-0.39, 0.29) is 0 Å². The number of benzene rings is 1. The van der Waals surface area contributed by atoms with Crippen molar-refractivity contribution in [3.8, 4) is 17.1 Å². The summed E-state index contributed by atoms with van der Waals surface area (Å²) in [4.78, 5) is 14.7.